The van der Waals surface area contributed by atoms with Crippen LogP contribution < -0.4 is 0 Å². The van der Waals surface area contributed by atoms with Crippen molar-refractivity contribution in [1.29, 1.82) is 0 Å². The molecule has 1 aromatic heterocycles. The average molecular weight is 308 g/mol. The van der Waals surface area contributed by atoms with Crippen molar-refractivity contribution in [1.82, 2.24) is 0 Å². The van der Waals surface area contributed by atoms with Crippen LogP contribution in [-0.4, -0.2) is 24.8 Å². The highest BCUT2D eigenvalue weighted by Gasteiger charge is 2.36. The molecule has 0 N–H and O–H groups in total. The van der Waals surface area contributed by atoms with Crippen LogP contribution in [0.25, 0.3) is 11.0 Å². The van der Waals surface area contributed by atoms with Gasteiger partial charge >= 0.3 is 17.4 Å². The van der Waals surface area contributed by atoms with Crippen LogP contribution in [0.5, 0.6) is 0 Å². The molecule has 0 fully saturated rings. The Morgan fingerprint density at radius 3 is 2.25 bits per heavy atom. The normalized spacial score (nSPS) is 11.6. The summed E-state index contributed by atoms with van der Waals surface area (Å²) in [6.45, 7) is 0. The summed E-state index contributed by atoms with van der Waals surface area (Å²) in [6, 6.07) is 9.38. The summed E-state index contributed by atoms with van der Waals surface area (Å²) < 4.78 is 64.1. The lowest BCUT2D eigenvalue weighted by Gasteiger charge is -2.08. The number of halogens is 3. The summed E-state index contributed by atoms with van der Waals surface area (Å²) >= 11 is 0. The van der Waals surface area contributed by atoms with Gasteiger partial charge in [0.25, 0.3) is 0 Å². The van der Waals surface area contributed by atoms with Gasteiger partial charge in [0.05, 0.1) is 5.39 Å². The quantitative estimate of drug-likeness (QED) is 0.350. The van der Waals surface area contributed by atoms with Gasteiger partial charge in [-0.25, -0.2) is 12.8 Å². The molecule has 9 heteroatoms. The van der Waals surface area contributed by atoms with Crippen molar-refractivity contribution in [3.63, 3.8) is 0 Å². The molecule has 0 aliphatic heterocycles. The van der Waals surface area contributed by atoms with E-state index in [-0.39, 0.29) is 0 Å². The van der Waals surface area contributed by atoms with E-state index < -0.39 is 15.6 Å². The van der Waals surface area contributed by atoms with Gasteiger partial charge < -0.3 is 4.55 Å². The van der Waals surface area contributed by atoms with Gasteiger partial charge in [-0.15, -0.1) is 0 Å². The highest BCUT2D eigenvalue weighted by Crippen LogP contribution is 2.20. The average Bonchev–Trinajstić information content (AvgIpc) is 2.36. The number of carbonyl (C=O) groups is 1. The Labute approximate surface area is 111 Å². The van der Waals surface area contributed by atoms with Crippen molar-refractivity contribution < 1.29 is 35.4 Å². The Bertz CT molecular complexity index is 709. The van der Waals surface area contributed by atoms with E-state index in [0.29, 0.717) is 5.56 Å². The Kier molecular flexibility index (Phi) is 4.79. The number of para-hydroxylation sites is 1. The van der Waals surface area contributed by atoms with Crippen LogP contribution >= 0.6 is 0 Å². The molecule has 5 nitrogen and oxygen atoms in total. The second kappa shape index (κ2) is 5.97. The van der Waals surface area contributed by atoms with Gasteiger partial charge in [-0.05, 0) is 12.1 Å². The maximum atomic E-state index is 10.7. The van der Waals surface area contributed by atoms with Crippen LogP contribution in [0.3, 0.4) is 0 Å². The fraction of sp³-hybridized carbons (Fsp3) is 0.0909. The fourth-order valence-electron chi connectivity index (χ4n) is 1.11. The minimum absolute atomic E-state index is 0.564. The van der Waals surface area contributed by atoms with E-state index >= 15 is 0 Å². The standard InChI is InChI=1S/C10H7O2.CHF3O3S/c11-6-8-5-9-3-1-2-4-10(9)12-7-8;2-1(3,4)8(5,6)7/h1-7H;(H,5,6,7)/q+1;/p-1. The molecule has 0 saturated heterocycles. The minimum Gasteiger partial charge on any atom is -0.741 e. The predicted molar refractivity (Wildman–Crippen MR) is 61.8 cm³/mol. The van der Waals surface area contributed by atoms with E-state index in [9.17, 15) is 18.0 Å². The lowest BCUT2D eigenvalue weighted by Crippen LogP contribution is -2.21. The van der Waals surface area contributed by atoms with Crippen molar-refractivity contribution in [2.45, 2.75) is 5.51 Å². The highest BCUT2D eigenvalue weighted by atomic mass is 32.2. The zero-order valence-electron chi connectivity index (χ0n) is 9.62. The van der Waals surface area contributed by atoms with Crippen molar-refractivity contribution in [2.24, 2.45) is 0 Å². The molecular formula is C11H7F3O5S. The second-order valence-electron chi connectivity index (χ2n) is 3.44. The monoisotopic (exact) mass is 308 g/mol. The SMILES string of the molecule is O=Cc1c[o+]c2ccccc2c1.O=S(=O)([O-])C(F)(F)F. The number of carbonyl (C=O) groups excluding carboxylic acids is 1. The van der Waals surface area contributed by atoms with E-state index in [1.54, 1.807) is 6.07 Å². The fourth-order valence-corrected chi connectivity index (χ4v) is 1.11. The summed E-state index contributed by atoms with van der Waals surface area (Å²) in [6.07, 6.45) is 2.23. The van der Waals surface area contributed by atoms with Crippen LogP contribution in [-0.2, 0) is 10.1 Å². The minimum atomic E-state index is -6.09. The largest absolute Gasteiger partial charge is 0.741 e. The topological polar surface area (TPSA) is 85.6 Å². The first-order chi connectivity index (χ1) is 9.15. The van der Waals surface area contributed by atoms with E-state index in [1.165, 1.54) is 6.26 Å². The van der Waals surface area contributed by atoms with Gasteiger partial charge in [-0.3, -0.25) is 4.79 Å². The zero-order valence-corrected chi connectivity index (χ0v) is 10.4. The van der Waals surface area contributed by atoms with E-state index in [4.69, 9.17) is 17.4 Å². The van der Waals surface area contributed by atoms with Crippen LogP contribution in [0.2, 0.25) is 0 Å². The first-order valence-corrected chi connectivity index (χ1v) is 6.34. The van der Waals surface area contributed by atoms with Gasteiger partial charge in [0.1, 0.15) is 5.56 Å². The molecule has 0 amide bonds. The van der Waals surface area contributed by atoms with Crippen LogP contribution in [0.4, 0.5) is 13.2 Å². The van der Waals surface area contributed by atoms with Crippen molar-refractivity contribution >= 4 is 27.4 Å². The number of hydrogen-bond donors (Lipinski definition) is 0. The third-order valence-corrected chi connectivity index (χ3v) is 2.55. The van der Waals surface area contributed by atoms with Crippen LogP contribution in [0.1, 0.15) is 10.4 Å². The lowest BCUT2D eigenvalue weighted by atomic mass is 10.2. The Balaban J connectivity index is 0.000000221. The molecule has 0 aliphatic carbocycles. The second-order valence-corrected chi connectivity index (χ2v) is 4.81. The molecule has 0 bridgehead atoms. The highest BCUT2D eigenvalue weighted by molar-refractivity contribution is 7.86. The van der Waals surface area contributed by atoms with Crippen molar-refractivity contribution in [3.8, 4) is 0 Å². The molecule has 0 spiro atoms. The number of rotatable bonds is 1. The molecule has 0 radical (unpaired) electrons. The summed E-state index contributed by atoms with van der Waals surface area (Å²) in [5.41, 5.74) is -4.29. The van der Waals surface area contributed by atoms with E-state index in [1.807, 2.05) is 24.3 Å². The Morgan fingerprint density at radius 2 is 1.75 bits per heavy atom. The Morgan fingerprint density at radius 1 is 1.20 bits per heavy atom. The summed E-state index contributed by atoms with van der Waals surface area (Å²) in [5.74, 6) is 0. The first-order valence-electron chi connectivity index (χ1n) is 4.93. The van der Waals surface area contributed by atoms with Crippen molar-refractivity contribution in [2.75, 3.05) is 0 Å². The summed E-state index contributed by atoms with van der Waals surface area (Å²) in [4.78, 5) is 10.4. The number of benzene rings is 1. The van der Waals surface area contributed by atoms with E-state index in [0.717, 1.165) is 17.3 Å². The van der Waals surface area contributed by atoms with Gasteiger partial charge in [0.15, 0.2) is 16.4 Å². The summed E-state index contributed by atoms with van der Waals surface area (Å²) in [5, 5.41) is 0.946. The smallest absolute Gasteiger partial charge is 0.485 e. The number of alkyl halides is 3. The maximum Gasteiger partial charge on any atom is 0.485 e. The van der Waals surface area contributed by atoms with Gasteiger partial charge in [0.2, 0.25) is 0 Å². The lowest BCUT2D eigenvalue weighted by molar-refractivity contribution is -0.0517. The third kappa shape index (κ3) is 4.28. The molecule has 0 saturated carbocycles. The maximum absolute atomic E-state index is 10.7. The van der Waals surface area contributed by atoms with E-state index in [2.05, 4.69) is 0 Å². The molecule has 0 aliphatic rings. The molecule has 1 heterocycles. The number of fused-ring (bicyclic) bond motifs is 1. The molecule has 0 unspecified atom stereocenters. The van der Waals surface area contributed by atoms with Gasteiger partial charge in [0, 0.05) is 6.07 Å². The first kappa shape index (κ1) is 16.1. The van der Waals surface area contributed by atoms with Crippen LogP contribution in [0.15, 0.2) is 41.0 Å². The molecule has 1 aromatic carbocycles. The number of hydrogen-bond acceptors (Lipinski definition) is 4. The molecule has 2 rings (SSSR count). The molecule has 20 heavy (non-hydrogen) atoms. The van der Waals surface area contributed by atoms with Gasteiger partial charge in [-0.1, -0.05) is 12.1 Å². The zero-order chi connectivity index (χ0) is 15.4. The number of aldehydes is 1. The molecule has 108 valence electrons. The molecule has 0 atom stereocenters. The third-order valence-electron chi connectivity index (χ3n) is 1.98. The van der Waals surface area contributed by atoms with Gasteiger partial charge in [-0.2, -0.15) is 13.2 Å². The predicted octanol–water partition coefficient (Wildman–Crippen LogP) is 2.58. The molecular weight excluding hydrogens is 301 g/mol. The van der Waals surface area contributed by atoms with Crippen LogP contribution in [0, 0.1) is 0 Å². The molecule has 2 aromatic rings. The van der Waals surface area contributed by atoms with Crippen molar-refractivity contribution in [3.05, 3.63) is 42.2 Å². The summed E-state index contributed by atoms with van der Waals surface area (Å²) in [7, 11) is -6.09. The Hall–Kier alpha value is -2.00.